The molecule has 2 atom stereocenters. The van der Waals surface area contributed by atoms with Crippen molar-refractivity contribution in [2.45, 2.75) is 70.6 Å². The third-order valence-corrected chi connectivity index (χ3v) is 7.79. The van der Waals surface area contributed by atoms with Crippen molar-refractivity contribution < 1.29 is 19.4 Å². The van der Waals surface area contributed by atoms with Crippen LogP contribution in [0.15, 0.2) is 65.6 Å². The minimum absolute atomic E-state index is 0.167. The Morgan fingerprint density at radius 2 is 1.79 bits per heavy atom. The molecule has 0 fully saturated rings. The molecule has 0 radical (unpaired) electrons. The molecule has 6 heteroatoms. The molecule has 0 amide bonds. The van der Waals surface area contributed by atoms with E-state index >= 15 is 0 Å². The van der Waals surface area contributed by atoms with E-state index in [0.29, 0.717) is 18.7 Å². The van der Waals surface area contributed by atoms with Crippen molar-refractivity contribution in [2.24, 2.45) is 0 Å². The Morgan fingerprint density at radius 1 is 1.05 bits per heavy atom. The lowest BCUT2D eigenvalue weighted by Gasteiger charge is -2.29. The molecular weight excluding hydrogens is 506 g/mol. The van der Waals surface area contributed by atoms with Crippen LogP contribution in [-0.2, 0) is 15.9 Å². The number of benzene rings is 3. The second kappa shape index (κ2) is 14.1. The third kappa shape index (κ3) is 8.67. The first-order valence-electron chi connectivity index (χ1n) is 13.6. The lowest BCUT2D eigenvalue weighted by atomic mass is 9.94. The van der Waals surface area contributed by atoms with E-state index in [2.05, 4.69) is 56.6 Å². The minimum atomic E-state index is -0.634. The van der Waals surface area contributed by atoms with E-state index in [0.717, 1.165) is 28.7 Å². The number of aliphatic hydroxyl groups is 1. The zero-order valence-corrected chi connectivity index (χ0v) is 25.2. The Bertz CT molecular complexity index is 1260. The molecule has 5 nitrogen and oxygen atoms in total. The Morgan fingerprint density at radius 3 is 2.46 bits per heavy atom. The first kappa shape index (κ1) is 30.9. The number of β-amino-alcohol motifs (C(OH)–C–C–N with tert-alkyl or cyclic N) is 1. The summed E-state index contributed by atoms with van der Waals surface area (Å²) in [4.78, 5) is 13.5. The summed E-state index contributed by atoms with van der Waals surface area (Å²) in [6.07, 6.45) is 2.12. The number of ether oxygens (including phenoxy) is 2. The van der Waals surface area contributed by atoms with Gasteiger partial charge in [0.1, 0.15) is 0 Å². The molecule has 3 rings (SSSR count). The van der Waals surface area contributed by atoms with Gasteiger partial charge in [-0.05, 0) is 99.7 Å². The summed E-state index contributed by atoms with van der Waals surface area (Å²) in [5.74, 6) is -0.305. The first-order chi connectivity index (χ1) is 18.5. The van der Waals surface area contributed by atoms with Gasteiger partial charge in [-0.25, -0.2) is 4.79 Å². The van der Waals surface area contributed by atoms with E-state index < -0.39 is 6.10 Å². The first-order valence-corrected chi connectivity index (χ1v) is 14.8. The van der Waals surface area contributed by atoms with Crippen molar-refractivity contribution in [3.63, 3.8) is 0 Å². The van der Waals surface area contributed by atoms with Gasteiger partial charge in [0.2, 0.25) is 0 Å². The number of carbonyl (C=O) groups is 1. The van der Waals surface area contributed by atoms with Crippen LogP contribution in [0.4, 0.5) is 0 Å². The van der Waals surface area contributed by atoms with Gasteiger partial charge in [0.15, 0.2) is 0 Å². The van der Waals surface area contributed by atoms with E-state index in [-0.39, 0.29) is 24.2 Å². The van der Waals surface area contributed by atoms with Crippen LogP contribution in [0.3, 0.4) is 0 Å². The van der Waals surface area contributed by atoms with Crippen molar-refractivity contribution >= 4 is 17.7 Å². The van der Waals surface area contributed by atoms with Gasteiger partial charge in [-0.3, -0.25) is 0 Å². The number of hydrogen-bond donors (Lipinski definition) is 2. The van der Waals surface area contributed by atoms with Crippen molar-refractivity contribution in [3.05, 3.63) is 88.5 Å². The molecule has 3 aromatic carbocycles. The molecule has 0 aromatic heterocycles. The zero-order chi connectivity index (χ0) is 28.6. The molecule has 210 valence electrons. The second-order valence-corrected chi connectivity index (χ2v) is 11.6. The average molecular weight is 550 g/mol. The van der Waals surface area contributed by atoms with Crippen LogP contribution < -0.4 is 5.32 Å². The van der Waals surface area contributed by atoms with Crippen molar-refractivity contribution in [2.75, 3.05) is 26.0 Å². The second-order valence-electron chi connectivity index (χ2n) is 10.7. The molecule has 0 spiro atoms. The number of thioether (sulfide) groups is 1. The maximum absolute atomic E-state index is 12.2. The van der Waals surface area contributed by atoms with Gasteiger partial charge in [0.25, 0.3) is 0 Å². The van der Waals surface area contributed by atoms with Gasteiger partial charge in [0.05, 0.1) is 31.0 Å². The van der Waals surface area contributed by atoms with Gasteiger partial charge in [0, 0.05) is 17.0 Å². The van der Waals surface area contributed by atoms with Crippen molar-refractivity contribution in [1.29, 1.82) is 0 Å². The maximum Gasteiger partial charge on any atom is 0.338 e. The molecule has 0 aliphatic heterocycles. The molecule has 0 saturated carbocycles. The quantitative estimate of drug-likeness (QED) is 0.178. The standard InChI is InChI=1S/C33H43NO4S/c1-8-37-32(36)28-15-14-26(18-22(28)2)30-12-10-9-11-29(30)24(4)38-21-27(35)20-34-33(5,6)19-25-13-16-31(39-7)23(3)17-25/h9-18,24,27,34-35H,8,19-21H2,1-7H3/t24-,27?/m1/s1. The molecule has 2 N–H and O–H groups in total. The van der Waals surface area contributed by atoms with Gasteiger partial charge in [-0.2, -0.15) is 0 Å². The number of aryl methyl sites for hydroxylation is 2. The van der Waals surface area contributed by atoms with Crippen LogP contribution in [0.25, 0.3) is 11.1 Å². The highest BCUT2D eigenvalue weighted by molar-refractivity contribution is 7.98. The highest BCUT2D eigenvalue weighted by Crippen LogP contribution is 2.31. The molecule has 1 unspecified atom stereocenters. The van der Waals surface area contributed by atoms with Gasteiger partial charge >= 0.3 is 5.97 Å². The van der Waals surface area contributed by atoms with E-state index in [4.69, 9.17) is 9.47 Å². The maximum atomic E-state index is 12.2. The fourth-order valence-corrected chi connectivity index (χ4v) is 5.39. The summed E-state index contributed by atoms with van der Waals surface area (Å²) in [5.41, 5.74) is 6.94. The van der Waals surface area contributed by atoms with Crippen LogP contribution in [0.2, 0.25) is 0 Å². The smallest absolute Gasteiger partial charge is 0.338 e. The molecule has 0 heterocycles. The highest BCUT2D eigenvalue weighted by atomic mass is 32.2. The fraction of sp³-hybridized carbons (Fsp3) is 0.424. The zero-order valence-electron chi connectivity index (χ0n) is 24.3. The minimum Gasteiger partial charge on any atom is -0.462 e. The Labute approximate surface area is 238 Å². The predicted octanol–water partition coefficient (Wildman–Crippen LogP) is 6.92. The number of hydrogen-bond acceptors (Lipinski definition) is 6. The lowest BCUT2D eigenvalue weighted by Crippen LogP contribution is -2.46. The summed E-state index contributed by atoms with van der Waals surface area (Å²) in [7, 11) is 0. The van der Waals surface area contributed by atoms with Gasteiger partial charge in [-0.15, -0.1) is 11.8 Å². The SMILES string of the molecule is CCOC(=O)c1ccc(-c2ccccc2[C@@H](C)OCC(O)CNC(C)(C)Cc2ccc(SC)c(C)c2)cc1C. The Kier molecular flexibility index (Phi) is 11.2. The summed E-state index contributed by atoms with van der Waals surface area (Å²) in [6.45, 7) is 13.2. The summed E-state index contributed by atoms with van der Waals surface area (Å²) in [5, 5.41) is 14.2. The monoisotopic (exact) mass is 549 g/mol. The number of rotatable bonds is 13. The summed E-state index contributed by atoms with van der Waals surface area (Å²) in [6, 6.07) is 20.5. The van der Waals surface area contributed by atoms with Gasteiger partial charge < -0.3 is 19.9 Å². The van der Waals surface area contributed by atoms with Crippen LogP contribution in [0, 0.1) is 13.8 Å². The normalized spacial score (nSPS) is 13.2. The lowest BCUT2D eigenvalue weighted by molar-refractivity contribution is -0.00397. The molecule has 39 heavy (non-hydrogen) atoms. The Balaban J connectivity index is 1.59. The molecule has 3 aromatic rings. The third-order valence-electron chi connectivity index (χ3n) is 6.89. The predicted molar refractivity (Wildman–Crippen MR) is 162 cm³/mol. The number of nitrogens with one attached hydrogen (secondary N) is 1. The van der Waals surface area contributed by atoms with Crippen LogP contribution in [0.5, 0.6) is 0 Å². The number of carbonyl (C=O) groups excluding carboxylic acids is 1. The van der Waals surface area contributed by atoms with Crippen LogP contribution in [-0.4, -0.2) is 48.7 Å². The summed E-state index contributed by atoms with van der Waals surface area (Å²) < 4.78 is 11.3. The molecule has 0 bridgehead atoms. The number of esters is 1. The Hall–Kier alpha value is -2.64. The largest absolute Gasteiger partial charge is 0.462 e. The summed E-state index contributed by atoms with van der Waals surface area (Å²) >= 11 is 1.77. The van der Waals surface area contributed by atoms with E-state index in [1.54, 1.807) is 18.7 Å². The highest BCUT2D eigenvalue weighted by Gasteiger charge is 2.21. The number of aliphatic hydroxyl groups excluding tert-OH is 1. The van der Waals surface area contributed by atoms with E-state index in [9.17, 15) is 9.90 Å². The van der Waals surface area contributed by atoms with E-state index in [1.165, 1.54) is 16.0 Å². The molecule has 0 aliphatic carbocycles. The van der Waals surface area contributed by atoms with Crippen LogP contribution >= 0.6 is 11.8 Å². The van der Waals surface area contributed by atoms with Gasteiger partial charge in [-0.1, -0.05) is 48.5 Å². The topological polar surface area (TPSA) is 67.8 Å². The average Bonchev–Trinajstić information content (AvgIpc) is 2.90. The molecular formula is C33H43NO4S. The van der Waals surface area contributed by atoms with Crippen molar-refractivity contribution in [1.82, 2.24) is 5.32 Å². The fourth-order valence-electron chi connectivity index (χ4n) is 4.80. The van der Waals surface area contributed by atoms with Crippen molar-refractivity contribution in [3.8, 4) is 11.1 Å². The molecule has 0 aliphatic rings. The van der Waals surface area contributed by atoms with Crippen LogP contribution in [0.1, 0.15) is 66.4 Å². The van der Waals surface area contributed by atoms with E-state index in [1.807, 2.05) is 50.2 Å². The molecule has 0 saturated heterocycles.